The van der Waals surface area contributed by atoms with Crippen LogP contribution in [0, 0.1) is 5.82 Å². The minimum Gasteiger partial charge on any atom is -0.371 e. The molecular weight excluding hydrogens is 371 g/mol. The van der Waals surface area contributed by atoms with Gasteiger partial charge in [-0.1, -0.05) is 6.07 Å². The Kier molecular flexibility index (Phi) is 5.64. The lowest BCUT2D eigenvalue weighted by Gasteiger charge is -2.24. The van der Waals surface area contributed by atoms with Gasteiger partial charge in [0.2, 0.25) is 0 Å². The molecule has 2 aliphatic rings. The van der Waals surface area contributed by atoms with Crippen LogP contribution in [0.4, 0.5) is 26.2 Å². The summed E-state index contributed by atoms with van der Waals surface area (Å²) in [4.78, 5) is 29.6. The number of likely N-dealkylation sites (tertiary alicyclic amines) is 1. The number of hydrogen-bond donors (Lipinski definition) is 2. The summed E-state index contributed by atoms with van der Waals surface area (Å²) < 4.78 is 13.3. The lowest BCUT2D eigenvalue weighted by Crippen LogP contribution is -2.30. The van der Waals surface area contributed by atoms with E-state index in [4.69, 9.17) is 0 Å². The molecule has 2 heterocycles. The Morgan fingerprint density at radius 1 is 0.828 bits per heavy atom. The van der Waals surface area contributed by atoms with Gasteiger partial charge in [0.05, 0.1) is 5.56 Å². The Morgan fingerprint density at radius 3 is 2.17 bits per heavy atom. The maximum absolute atomic E-state index is 13.3. The van der Waals surface area contributed by atoms with E-state index in [0.717, 1.165) is 57.5 Å². The SMILES string of the molecule is O=C(Nc1cccc(F)c1)Nc1ccc(N2CCCC2)c(C(=O)N2CCCC2)c1. The molecule has 4 rings (SSSR count). The quantitative estimate of drug-likeness (QED) is 0.810. The van der Waals surface area contributed by atoms with Crippen molar-refractivity contribution in [2.24, 2.45) is 0 Å². The van der Waals surface area contributed by atoms with Crippen molar-refractivity contribution in [3.8, 4) is 0 Å². The predicted molar refractivity (Wildman–Crippen MR) is 112 cm³/mol. The van der Waals surface area contributed by atoms with E-state index in [1.165, 1.54) is 18.2 Å². The Balaban J connectivity index is 1.54. The number of nitrogens with zero attached hydrogens (tertiary/aromatic N) is 2. The summed E-state index contributed by atoms with van der Waals surface area (Å²) in [6.45, 7) is 3.42. The Labute approximate surface area is 169 Å². The Morgan fingerprint density at radius 2 is 1.48 bits per heavy atom. The molecule has 2 aromatic rings. The zero-order valence-corrected chi connectivity index (χ0v) is 16.3. The topological polar surface area (TPSA) is 64.7 Å². The molecule has 0 spiro atoms. The van der Waals surface area contributed by atoms with Crippen molar-refractivity contribution in [1.29, 1.82) is 0 Å². The summed E-state index contributed by atoms with van der Waals surface area (Å²) in [6.07, 6.45) is 4.29. The molecule has 6 nitrogen and oxygen atoms in total. The minimum absolute atomic E-state index is 0.0126. The van der Waals surface area contributed by atoms with E-state index in [1.807, 2.05) is 11.0 Å². The van der Waals surface area contributed by atoms with Crippen molar-refractivity contribution in [1.82, 2.24) is 4.90 Å². The number of nitrogens with one attached hydrogen (secondary N) is 2. The monoisotopic (exact) mass is 396 g/mol. The highest BCUT2D eigenvalue weighted by Gasteiger charge is 2.25. The van der Waals surface area contributed by atoms with E-state index >= 15 is 0 Å². The number of anilines is 3. The second kappa shape index (κ2) is 8.51. The predicted octanol–water partition coefficient (Wildman–Crippen LogP) is 4.31. The molecule has 0 radical (unpaired) electrons. The van der Waals surface area contributed by atoms with E-state index in [9.17, 15) is 14.0 Å². The first-order chi connectivity index (χ1) is 14.1. The summed E-state index contributed by atoms with van der Waals surface area (Å²) >= 11 is 0. The lowest BCUT2D eigenvalue weighted by atomic mass is 10.1. The summed E-state index contributed by atoms with van der Waals surface area (Å²) in [6, 6.07) is 10.7. The van der Waals surface area contributed by atoms with E-state index in [1.54, 1.807) is 18.2 Å². The molecule has 2 aromatic carbocycles. The Bertz CT molecular complexity index is 905. The average Bonchev–Trinajstić information content (AvgIpc) is 3.41. The van der Waals surface area contributed by atoms with Gasteiger partial charge in [0.25, 0.3) is 5.91 Å². The van der Waals surface area contributed by atoms with Crippen molar-refractivity contribution in [2.75, 3.05) is 41.7 Å². The highest BCUT2D eigenvalue weighted by Crippen LogP contribution is 2.29. The zero-order chi connectivity index (χ0) is 20.2. The smallest absolute Gasteiger partial charge is 0.323 e. The first-order valence-corrected chi connectivity index (χ1v) is 10.1. The highest BCUT2D eigenvalue weighted by molar-refractivity contribution is 6.04. The average molecular weight is 396 g/mol. The molecule has 0 bridgehead atoms. The molecule has 0 atom stereocenters. The summed E-state index contributed by atoms with van der Waals surface area (Å²) in [5, 5.41) is 5.36. The minimum atomic E-state index is -0.482. The number of benzene rings is 2. The van der Waals surface area contributed by atoms with Crippen LogP contribution in [0.5, 0.6) is 0 Å². The molecule has 0 unspecified atom stereocenters. The first-order valence-electron chi connectivity index (χ1n) is 10.1. The number of hydrogen-bond acceptors (Lipinski definition) is 3. The number of amides is 3. The van der Waals surface area contributed by atoms with Crippen LogP contribution in [0.25, 0.3) is 0 Å². The van der Waals surface area contributed by atoms with Gasteiger partial charge in [-0.2, -0.15) is 0 Å². The first kappa shape index (κ1) is 19.2. The van der Waals surface area contributed by atoms with Gasteiger partial charge < -0.3 is 20.4 Å². The number of urea groups is 1. The molecule has 3 amide bonds. The van der Waals surface area contributed by atoms with Gasteiger partial charge in [-0.05, 0) is 62.1 Å². The summed E-state index contributed by atoms with van der Waals surface area (Å²) in [7, 11) is 0. The molecule has 0 aliphatic carbocycles. The molecule has 0 saturated carbocycles. The van der Waals surface area contributed by atoms with Crippen LogP contribution >= 0.6 is 0 Å². The van der Waals surface area contributed by atoms with E-state index in [-0.39, 0.29) is 5.91 Å². The van der Waals surface area contributed by atoms with Crippen LogP contribution in [0.2, 0.25) is 0 Å². The van der Waals surface area contributed by atoms with Crippen LogP contribution in [0.15, 0.2) is 42.5 Å². The van der Waals surface area contributed by atoms with Crippen molar-refractivity contribution >= 4 is 29.0 Å². The third-order valence-electron chi connectivity index (χ3n) is 5.41. The molecule has 7 heteroatoms. The fraction of sp³-hybridized carbons (Fsp3) is 0.364. The highest BCUT2D eigenvalue weighted by atomic mass is 19.1. The Hall–Kier alpha value is -3.09. The number of rotatable bonds is 4. The van der Waals surface area contributed by atoms with Crippen molar-refractivity contribution in [2.45, 2.75) is 25.7 Å². The van der Waals surface area contributed by atoms with Gasteiger partial charge in [0, 0.05) is 43.2 Å². The summed E-state index contributed by atoms with van der Waals surface area (Å²) in [5.74, 6) is -0.408. The third kappa shape index (κ3) is 4.50. The molecule has 2 N–H and O–H groups in total. The summed E-state index contributed by atoms with van der Waals surface area (Å²) in [5.41, 5.74) is 2.45. The van der Waals surface area contributed by atoms with Gasteiger partial charge in [-0.3, -0.25) is 4.79 Å². The van der Waals surface area contributed by atoms with Gasteiger partial charge in [-0.25, -0.2) is 9.18 Å². The fourth-order valence-electron chi connectivity index (χ4n) is 3.97. The zero-order valence-electron chi connectivity index (χ0n) is 16.3. The molecule has 2 saturated heterocycles. The van der Waals surface area contributed by atoms with Crippen molar-refractivity contribution in [3.05, 3.63) is 53.8 Å². The van der Waals surface area contributed by atoms with Crippen LogP contribution in [0.1, 0.15) is 36.0 Å². The largest absolute Gasteiger partial charge is 0.371 e. The van der Waals surface area contributed by atoms with Crippen LogP contribution in [-0.2, 0) is 0 Å². The molecule has 0 aromatic heterocycles. The van der Waals surface area contributed by atoms with Crippen molar-refractivity contribution in [3.63, 3.8) is 0 Å². The maximum Gasteiger partial charge on any atom is 0.323 e. The second-order valence-electron chi connectivity index (χ2n) is 7.51. The van der Waals surface area contributed by atoms with Crippen LogP contribution < -0.4 is 15.5 Å². The normalized spacial score (nSPS) is 16.2. The number of carbonyl (C=O) groups excluding carboxylic acids is 2. The molecule has 152 valence electrons. The van der Waals surface area contributed by atoms with E-state index < -0.39 is 11.8 Å². The second-order valence-corrected chi connectivity index (χ2v) is 7.51. The van der Waals surface area contributed by atoms with Gasteiger partial charge in [0.1, 0.15) is 5.82 Å². The molecule has 29 heavy (non-hydrogen) atoms. The van der Waals surface area contributed by atoms with Gasteiger partial charge in [0.15, 0.2) is 0 Å². The van der Waals surface area contributed by atoms with Gasteiger partial charge in [-0.15, -0.1) is 0 Å². The van der Waals surface area contributed by atoms with Crippen LogP contribution in [-0.4, -0.2) is 43.0 Å². The molecular formula is C22H25FN4O2. The standard InChI is InChI=1S/C22H25FN4O2/c23-16-6-5-7-17(14-16)24-22(29)25-18-8-9-20(26-10-1-2-11-26)19(15-18)21(28)27-12-3-4-13-27/h5-9,14-15H,1-4,10-13H2,(H2,24,25,29). The molecule has 2 fully saturated rings. The van der Waals surface area contributed by atoms with E-state index in [0.29, 0.717) is 16.9 Å². The fourth-order valence-corrected chi connectivity index (χ4v) is 3.97. The van der Waals surface area contributed by atoms with Gasteiger partial charge >= 0.3 is 6.03 Å². The third-order valence-corrected chi connectivity index (χ3v) is 5.41. The number of halogens is 1. The van der Waals surface area contributed by atoms with Crippen molar-refractivity contribution < 1.29 is 14.0 Å². The maximum atomic E-state index is 13.3. The van der Waals surface area contributed by atoms with Crippen LogP contribution in [0.3, 0.4) is 0 Å². The van der Waals surface area contributed by atoms with E-state index in [2.05, 4.69) is 15.5 Å². The molecule has 2 aliphatic heterocycles. The lowest BCUT2D eigenvalue weighted by molar-refractivity contribution is 0.0793. The number of carbonyl (C=O) groups is 2.